The van der Waals surface area contributed by atoms with Gasteiger partial charge < -0.3 is 12.9 Å². The topological polar surface area (TPSA) is 25.8 Å². The molecule has 54 valence electrons. The first-order valence-electron chi connectivity index (χ1n) is 2.57. The molecule has 0 aromatic carbocycles. The zero-order valence-corrected chi connectivity index (χ0v) is 8.96. The molecule has 0 amide bonds. The number of aromatic nitrogens is 2. The maximum atomic E-state index is 11.8. The molecule has 1 heterocycles. The summed E-state index contributed by atoms with van der Waals surface area (Å²) >= 11 is 0. The maximum absolute atomic E-state index is 11.8. The molecule has 0 fully saturated rings. The second kappa shape index (κ2) is 4.56. The van der Waals surface area contributed by atoms with Crippen molar-refractivity contribution in [2.45, 2.75) is 0 Å². The van der Waals surface area contributed by atoms with E-state index < -0.39 is 12.4 Å². The first-order chi connectivity index (χ1) is 4.61. The van der Waals surface area contributed by atoms with Crippen molar-refractivity contribution in [2.24, 2.45) is 0 Å². The Balaban J connectivity index is 0.000001000. The third-order valence-corrected chi connectivity index (χ3v) is 0.985. The van der Waals surface area contributed by atoms with Gasteiger partial charge >= 0.3 is 58.4 Å². The second-order valence-electron chi connectivity index (χ2n) is 1.75. The molecule has 0 N–H and O–H groups in total. The van der Waals surface area contributed by atoms with E-state index in [1.807, 2.05) is 0 Å². The summed E-state index contributed by atoms with van der Waals surface area (Å²) in [6.07, 6.45) is 1.73. The summed E-state index contributed by atoms with van der Waals surface area (Å²) in [5.41, 5.74) is -0.713. The molecule has 0 bridgehead atoms. The Kier molecular flexibility index (Phi) is 4.80. The monoisotopic (exact) mass is 186 g/mol. The molecule has 0 spiro atoms. The van der Waals surface area contributed by atoms with Gasteiger partial charge in [-0.3, -0.25) is 0 Å². The van der Waals surface area contributed by atoms with Gasteiger partial charge in [-0.15, -0.1) is 0 Å². The molecular weight excluding hydrogens is 183 g/mol. The predicted molar refractivity (Wildman–Crippen MR) is 30.7 cm³/mol. The summed E-state index contributed by atoms with van der Waals surface area (Å²) in [6.45, 7) is -4.91. The van der Waals surface area contributed by atoms with Gasteiger partial charge in [0.2, 0.25) is 0 Å². The average Bonchev–Trinajstić information content (AvgIpc) is 1.88. The van der Waals surface area contributed by atoms with Crippen LogP contribution in [0.4, 0.5) is 12.9 Å². The molecule has 2 nitrogen and oxygen atoms in total. The second-order valence-corrected chi connectivity index (χ2v) is 1.75. The summed E-state index contributed by atoms with van der Waals surface area (Å²) in [5.74, 6) is 0. The quantitative estimate of drug-likeness (QED) is 0.454. The van der Waals surface area contributed by atoms with Crippen LogP contribution >= 0.6 is 0 Å². The summed E-state index contributed by atoms with van der Waals surface area (Å²) in [6, 6.07) is 0.896. The van der Waals surface area contributed by atoms with Crippen LogP contribution in [-0.4, -0.2) is 17.2 Å². The predicted octanol–water partition coefficient (Wildman–Crippen LogP) is -2.46. The fourth-order valence-electron chi connectivity index (χ4n) is 0.495. The van der Waals surface area contributed by atoms with Crippen molar-refractivity contribution < 1.29 is 64.3 Å². The van der Waals surface area contributed by atoms with Gasteiger partial charge in [-0.25, -0.2) is 0 Å². The number of hydrogen-bond acceptors (Lipinski definition) is 2. The molecule has 0 saturated heterocycles. The molecule has 0 radical (unpaired) electrons. The van der Waals surface area contributed by atoms with Crippen LogP contribution in [0.3, 0.4) is 0 Å². The van der Waals surface area contributed by atoms with Crippen LogP contribution in [0.2, 0.25) is 0 Å². The molecule has 1 aromatic heterocycles. The fraction of sp³-hybridized carbons (Fsp3) is 0. The Morgan fingerprint density at radius 1 is 1.18 bits per heavy atom. The Morgan fingerprint density at radius 2 is 1.82 bits per heavy atom. The molecule has 11 heavy (non-hydrogen) atoms. The van der Waals surface area contributed by atoms with Gasteiger partial charge in [-0.1, -0.05) is 11.5 Å². The van der Waals surface area contributed by atoms with Crippen molar-refractivity contribution in [3.8, 4) is 0 Å². The van der Waals surface area contributed by atoms with Crippen molar-refractivity contribution in [3.05, 3.63) is 18.5 Å². The van der Waals surface area contributed by atoms with E-state index in [1.54, 1.807) is 0 Å². The standard InChI is InChI=1S/C4H3BF3N2.K/c6-5(7,8)4-1-2-9-10-3-4;/h1-3H;/q-1;+1. The molecule has 7 heteroatoms. The van der Waals surface area contributed by atoms with Crippen molar-refractivity contribution in [1.29, 1.82) is 0 Å². The zero-order chi connectivity index (χ0) is 7.61. The van der Waals surface area contributed by atoms with Gasteiger partial charge in [0.25, 0.3) is 0 Å². The van der Waals surface area contributed by atoms with E-state index in [0.717, 1.165) is 12.3 Å². The zero-order valence-electron chi connectivity index (χ0n) is 5.84. The van der Waals surface area contributed by atoms with Crippen molar-refractivity contribution in [1.82, 2.24) is 10.2 Å². The Hall–Kier alpha value is 0.571. The fourth-order valence-corrected chi connectivity index (χ4v) is 0.495. The normalized spacial score (nSPS) is 10.5. The van der Waals surface area contributed by atoms with Crippen LogP contribution < -0.4 is 56.8 Å². The number of hydrogen-bond donors (Lipinski definition) is 0. The minimum atomic E-state index is -4.91. The minimum absolute atomic E-state index is 0. The smallest absolute Gasteiger partial charge is 0.445 e. The molecule has 0 unspecified atom stereocenters. The Bertz CT molecular complexity index is 214. The summed E-state index contributed by atoms with van der Waals surface area (Å²) in [5, 5.41) is 6.32. The SMILES string of the molecule is F[B-](F)(F)c1ccnnc1.[K+]. The van der Waals surface area contributed by atoms with Crippen LogP contribution in [0.15, 0.2) is 18.5 Å². The van der Waals surface area contributed by atoms with Gasteiger partial charge in [0.15, 0.2) is 0 Å². The van der Waals surface area contributed by atoms with Crippen LogP contribution in [0.5, 0.6) is 0 Å². The molecule has 0 aliphatic rings. The number of rotatable bonds is 1. The Labute approximate surface area is 104 Å². The largest absolute Gasteiger partial charge is 1.00 e. The molecule has 1 rings (SSSR count). The van der Waals surface area contributed by atoms with Gasteiger partial charge in [0, 0.05) is 12.4 Å². The van der Waals surface area contributed by atoms with E-state index in [-0.39, 0.29) is 51.4 Å². The molecule has 0 aliphatic carbocycles. The minimum Gasteiger partial charge on any atom is -0.445 e. The van der Waals surface area contributed by atoms with Crippen LogP contribution in [0.1, 0.15) is 0 Å². The van der Waals surface area contributed by atoms with Crippen LogP contribution in [0.25, 0.3) is 0 Å². The molecule has 0 aliphatic heterocycles. The third kappa shape index (κ3) is 3.66. The van der Waals surface area contributed by atoms with E-state index >= 15 is 0 Å². The first-order valence-corrected chi connectivity index (χ1v) is 2.57. The van der Waals surface area contributed by atoms with E-state index in [4.69, 9.17) is 0 Å². The number of nitrogens with zero attached hydrogens (tertiary/aromatic N) is 2. The summed E-state index contributed by atoms with van der Waals surface area (Å²) in [4.78, 5) is 0. The van der Waals surface area contributed by atoms with Gasteiger partial charge in [-0.05, 0) is 0 Å². The Morgan fingerprint density at radius 3 is 2.09 bits per heavy atom. The first kappa shape index (κ1) is 11.6. The van der Waals surface area contributed by atoms with Crippen LogP contribution in [-0.2, 0) is 0 Å². The van der Waals surface area contributed by atoms with Gasteiger partial charge in [0.05, 0.1) is 0 Å². The van der Waals surface area contributed by atoms with E-state index in [1.165, 1.54) is 0 Å². The van der Waals surface area contributed by atoms with Crippen LogP contribution in [0, 0.1) is 0 Å². The molecule has 0 saturated carbocycles. The number of halogens is 3. The maximum Gasteiger partial charge on any atom is 1.00 e. The van der Waals surface area contributed by atoms with E-state index in [9.17, 15) is 12.9 Å². The van der Waals surface area contributed by atoms with Gasteiger partial charge in [-0.2, -0.15) is 10.2 Å². The van der Waals surface area contributed by atoms with E-state index in [0.29, 0.717) is 6.20 Å². The third-order valence-electron chi connectivity index (χ3n) is 0.985. The molecule has 1 aromatic rings. The molecular formula is C4H3BF3KN2. The van der Waals surface area contributed by atoms with Crippen molar-refractivity contribution in [3.63, 3.8) is 0 Å². The summed E-state index contributed by atoms with van der Waals surface area (Å²) < 4.78 is 35.3. The molecule has 0 atom stereocenters. The summed E-state index contributed by atoms with van der Waals surface area (Å²) in [7, 11) is 0. The van der Waals surface area contributed by atoms with Gasteiger partial charge in [0.1, 0.15) is 0 Å². The average molecular weight is 186 g/mol. The van der Waals surface area contributed by atoms with Crippen molar-refractivity contribution in [2.75, 3.05) is 0 Å². The van der Waals surface area contributed by atoms with Crippen molar-refractivity contribution >= 4 is 12.4 Å². The van der Waals surface area contributed by atoms with E-state index in [2.05, 4.69) is 10.2 Å².